The third-order valence-corrected chi connectivity index (χ3v) is 13.5. The minimum absolute atomic E-state index is 0. The molecular formula is C64H134BN8O18. The Morgan fingerprint density at radius 3 is 1.07 bits per heavy atom. The molecule has 0 bridgehead atoms. The number of aliphatic imine (C=N–C) groups is 2. The van der Waals surface area contributed by atoms with Crippen molar-refractivity contribution in [3.63, 3.8) is 0 Å². The molecule has 5 aliphatic rings. The molecule has 5 aliphatic heterocycles. The average Bonchev–Trinajstić information content (AvgIpc) is 2.01. The van der Waals surface area contributed by atoms with Gasteiger partial charge in [-0.2, -0.15) is 0 Å². The lowest BCUT2D eigenvalue weighted by Gasteiger charge is -2.35. The van der Waals surface area contributed by atoms with Crippen molar-refractivity contribution < 1.29 is 86.5 Å². The molecule has 0 saturated carbocycles. The van der Waals surface area contributed by atoms with Crippen LogP contribution in [0.1, 0.15) is 213 Å². The van der Waals surface area contributed by atoms with Gasteiger partial charge in [0.15, 0.2) is 0 Å². The van der Waals surface area contributed by atoms with Crippen molar-refractivity contribution >= 4 is 38.7 Å². The van der Waals surface area contributed by atoms with Crippen LogP contribution in [0.3, 0.4) is 0 Å². The Morgan fingerprint density at radius 1 is 0.538 bits per heavy atom. The third kappa shape index (κ3) is 39.4. The number of aliphatic hydroxyl groups is 3. The van der Waals surface area contributed by atoms with Crippen LogP contribution in [0.15, 0.2) is 9.98 Å². The molecule has 12 atom stereocenters. The van der Waals surface area contributed by atoms with E-state index in [1.807, 2.05) is 138 Å². The van der Waals surface area contributed by atoms with Crippen molar-refractivity contribution in [1.82, 2.24) is 14.7 Å². The zero-order valence-corrected chi connectivity index (χ0v) is 58.6. The van der Waals surface area contributed by atoms with Crippen molar-refractivity contribution in [3.05, 3.63) is 0 Å². The molecule has 3 amide bonds. The molecule has 0 spiro atoms. The average molecular weight is 1310 g/mol. The summed E-state index contributed by atoms with van der Waals surface area (Å²) in [5, 5.41) is 27.5. The fourth-order valence-corrected chi connectivity index (χ4v) is 9.40. The van der Waals surface area contributed by atoms with Crippen LogP contribution in [-0.4, -0.2) is 243 Å². The summed E-state index contributed by atoms with van der Waals surface area (Å²) >= 11 is 0. The lowest BCUT2D eigenvalue weighted by molar-refractivity contribution is -0.0650. The van der Waals surface area contributed by atoms with Crippen LogP contribution in [-0.2, 0) is 56.8 Å². The highest BCUT2D eigenvalue weighted by atomic mass is 16.6. The zero-order chi connectivity index (χ0) is 67.6. The van der Waals surface area contributed by atoms with E-state index >= 15 is 0 Å². The highest BCUT2D eigenvalue weighted by Crippen LogP contribution is 2.34. The highest BCUT2D eigenvalue weighted by Gasteiger charge is 2.48. The van der Waals surface area contributed by atoms with Gasteiger partial charge in [0.1, 0.15) is 47.2 Å². The molecule has 9 N–H and O–H groups in total. The summed E-state index contributed by atoms with van der Waals surface area (Å²) in [4.78, 5) is 49.8. The molecule has 91 heavy (non-hydrogen) atoms. The van der Waals surface area contributed by atoms with Crippen LogP contribution in [0.4, 0.5) is 14.4 Å². The Kier molecular flexibility index (Phi) is 46.1. The largest absolute Gasteiger partial charge is 0.463 e. The molecule has 0 aromatic rings. The van der Waals surface area contributed by atoms with Gasteiger partial charge in [0.25, 0.3) is 12.0 Å². The molecule has 5 rings (SSSR count). The first-order chi connectivity index (χ1) is 39.8. The van der Waals surface area contributed by atoms with Gasteiger partial charge >= 0.3 is 18.3 Å². The summed E-state index contributed by atoms with van der Waals surface area (Å²) in [6.45, 7) is 44.4. The first-order valence-corrected chi connectivity index (χ1v) is 30.6. The number of hydrogen-bond acceptors (Lipinski definition) is 23. The molecule has 0 aromatic heterocycles. The molecule has 0 unspecified atom stereocenters. The number of carbonyl (C=O) groups excluding carboxylic acids is 3. The number of amidine groups is 2. The normalized spacial score (nSPS) is 23.1. The predicted molar refractivity (Wildman–Crippen MR) is 361 cm³/mol. The summed E-state index contributed by atoms with van der Waals surface area (Å²) in [7, 11) is 4.99. The van der Waals surface area contributed by atoms with Crippen LogP contribution in [0.25, 0.3) is 0 Å². The molecule has 3 radical (unpaired) electrons. The number of methoxy groups -OCH3 is 3. The molecule has 0 aromatic carbocycles. The van der Waals surface area contributed by atoms with Gasteiger partial charge in [-0.05, 0) is 191 Å². The van der Waals surface area contributed by atoms with Crippen molar-refractivity contribution in [3.8, 4) is 0 Å². The Labute approximate surface area is 552 Å². The Bertz CT molecular complexity index is 1970. The third-order valence-electron chi connectivity index (χ3n) is 13.5. The minimum Gasteiger partial charge on any atom is -0.463 e. The highest BCUT2D eigenvalue weighted by molar-refractivity contribution is 5.76. The molecule has 3 fully saturated rings. The number of rotatable bonds is 18. The van der Waals surface area contributed by atoms with Gasteiger partial charge in [-0.1, -0.05) is 22.3 Å². The molecule has 0 aliphatic carbocycles. The second kappa shape index (κ2) is 43.9. The van der Waals surface area contributed by atoms with Crippen LogP contribution in [0.5, 0.6) is 0 Å². The van der Waals surface area contributed by atoms with E-state index in [9.17, 15) is 24.6 Å². The van der Waals surface area contributed by atoms with Crippen LogP contribution < -0.4 is 17.2 Å². The second-order valence-corrected chi connectivity index (χ2v) is 27.1. The van der Waals surface area contributed by atoms with Crippen molar-refractivity contribution in [1.29, 1.82) is 0 Å². The standard InChI is InChI=1S/C14H27NO4.2C13H25NO4.C8H16N2O2.C7H14N2O2.C6H15NO2.3CH4.B/c1-10(17-7)8-11-9-18-14(5,6)15(11)12(16)19-13(2,3)4;2*1-9(15)7-10-8-17-13(5,6)14(10)11(16)18-12(2,3)4;1-3-11-6(2)4-7-5-12-8(9)10-7;1-5(10-2)3-6-4-11-7(8)9-6;1-5(9-2)3-6(7)4-8;;;;/h10-11H,8-9H2,1-7H3;2*9-10,15H,7-8H2,1-6H3;6-7H,3-5H2,1-2H3,(H2,9,10);5-6H,3-4H2,1-2H3,(H2,8,9);5-6,8H,3-4,7H2,1-2H3;3*1H4;/t10-,11-;9-,10+;9-,10-;6-,7-;5-,6+;5-,6-;;;;/m010010..../s1. The molecule has 26 nitrogen and oxygen atoms in total. The van der Waals surface area contributed by atoms with Gasteiger partial charge in [0.2, 0.25) is 0 Å². The Morgan fingerprint density at radius 2 is 0.824 bits per heavy atom. The number of nitrogens with zero attached hydrogens (tertiary/aromatic N) is 5. The predicted octanol–water partition coefficient (Wildman–Crippen LogP) is 8.94. The molecular weight excluding hydrogens is 1180 g/mol. The minimum atomic E-state index is -0.693. The molecule has 5 heterocycles. The van der Waals surface area contributed by atoms with E-state index in [0.717, 1.165) is 25.9 Å². The number of ether oxygens (including phenoxy) is 12. The van der Waals surface area contributed by atoms with Gasteiger partial charge in [-0.25, -0.2) is 24.4 Å². The smallest absolute Gasteiger partial charge is 0.412 e. The van der Waals surface area contributed by atoms with Crippen molar-refractivity contribution in [2.75, 3.05) is 67.6 Å². The quantitative estimate of drug-likeness (QED) is 0.0550. The topological polar surface area (TPSA) is 335 Å². The Hall–Kier alpha value is -4.03. The second-order valence-electron chi connectivity index (χ2n) is 27.1. The maximum Gasteiger partial charge on any atom is 0.412 e. The van der Waals surface area contributed by atoms with Crippen molar-refractivity contribution in [2.45, 2.75) is 320 Å². The van der Waals surface area contributed by atoms with E-state index in [2.05, 4.69) is 9.98 Å². The number of nitrogens with two attached hydrogens (primary N) is 3. The number of carbonyl (C=O) groups is 3. The lowest BCUT2D eigenvalue weighted by Crippen LogP contribution is -2.50. The first-order valence-electron chi connectivity index (χ1n) is 30.6. The van der Waals surface area contributed by atoms with E-state index in [1.165, 1.54) is 0 Å². The van der Waals surface area contributed by atoms with Crippen LogP contribution in [0, 0.1) is 0 Å². The van der Waals surface area contributed by atoms with Gasteiger partial charge in [0, 0.05) is 42.4 Å². The summed E-state index contributed by atoms with van der Waals surface area (Å²) in [6, 6.07) is 0.544. The Balaban J connectivity index is -0.000000328. The van der Waals surface area contributed by atoms with Gasteiger partial charge in [-0.15, -0.1) is 0 Å². The molecule has 3 saturated heterocycles. The summed E-state index contributed by atoms with van der Waals surface area (Å²) in [5.74, 6) is 0. The molecule has 27 heteroatoms. The monoisotopic (exact) mass is 1310 g/mol. The maximum atomic E-state index is 12.3. The summed E-state index contributed by atoms with van der Waals surface area (Å²) < 4.78 is 63.9. The number of amides is 3. The maximum absolute atomic E-state index is 12.3. The van der Waals surface area contributed by atoms with E-state index in [-0.39, 0.29) is 104 Å². The summed E-state index contributed by atoms with van der Waals surface area (Å²) in [6.07, 6.45) is 2.80. The van der Waals surface area contributed by atoms with Crippen LogP contribution >= 0.6 is 0 Å². The molecule has 541 valence electrons. The van der Waals surface area contributed by atoms with Crippen LogP contribution in [0.2, 0.25) is 0 Å². The summed E-state index contributed by atoms with van der Waals surface area (Å²) in [5.41, 5.74) is 12.5. The number of hydrogen-bond donors (Lipinski definition) is 6. The van der Waals surface area contributed by atoms with Gasteiger partial charge in [-0.3, -0.25) is 14.7 Å². The van der Waals surface area contributed by atoms with E-state index in [0.29, 0.717) is 64.3 Å². The van der Waals surface area contributed by atoms with Gasteiger partial charge in [0.05, 0.1) is 93.3 Å². The first kappa shape index (κ1) is 95.7. The lowest BCUT2D eigenvalue weighted by atomic mass is 10.1. The zero-order valence-electron chi connectivity index (χ0n) is 58.6. The fraction of sp³-hybridized carbons (Fsp3) is 0.922. The van der Waals surface area contributed by atoms with Crippen molar-refractivity contribution in [2.24, 2.45) is 27.2 Å². The fourth-order valence-electron chi connectivity index (χ4n) is 9.40. The van der Waals surface area contributed by atoms with E-state index in [1.54, 1.807) is 49.9 Å². The number of aliphatic hydroxyl groups excluding tert-OH is 3. The van der Waals surface area contributed by atoms with E-state index < -0.39 is 58.4 Å². The van der Waals surface area contributed by atoms with Gasteiger partial charge < -0.3 is 89.4 Å². The SMILES string of the molecule is C.C.C.CCO[C@@H](C)C[C@H]1COC(N)=N1.CO[C@@H](C)C[C@H](N)CO.CO[C@@H](C)C[C@H]1COC(C)(C)N1C(=O)OC(C)(C)C.CO[C@H](C)C[C@H]1COC(N)=N1.C[C@@H](O)C[C@H]1COC(C)(C)N1C(=O)OC(C)(C)C.C[C@H](O)C[C@H]1COC(C)(C)N1C(=O)OC(C)(C)C.[B]. The van der Waals surface area contributed by atoms with E-state index in [4.69, 9.17) is 79.1 Å².